The Morgan fingerprint density at radius 2 is 2.30 bits per heavy atom. The molecule has 0 bridgehead atoms. The summed E-state index contributed by atoms with van der Waals surface area (Å²) in [7, 11) is 0. The lowest BCUT2D eigenvalue weighted by Crippen LogP contribution is -2.21. The highest BCUT2D eigenvalue weighted by molar-refractivity contribution is 4.97. The van der Waals surface area contributed by atoms with Crippen molar-refractivity contribution in [3.63, 3.8) is 0 Å². The van der Waals surface area contributed by atoms with Crippen LogP contribution < -0.4 is 0 Å². The Labute approximate surface area is 62.8 Å². The van der Waals surface area contributed by atoms with Crippen LogP contribution in [0.25, 0.3) is 0 Å². The molecule has 0 spiro atoms. The highest BCUT2D eigenvalue weighted by Crippen LogP contribution is 2.25. The summed E-state index contributed by atoms with van der Waals surface area (Å²) in [5.74, 6) is 0.625. The molecule has 1 nitrogen and oxygen atoms in total. The number of hydrogen-bond acceptors (Lipinski definition) is 1. The Hall–Kier alpha value is -0.300. The molecule has 1 atom stereocenters. The summed E-state index contributed by atoms with van der Waals surface area (Å²) < 4.78 is 0. The van der Waals surface area contributed by atoms with Gasteiger partial charge in [-0.2, -0.15) is 0 Å². The van der Waals surface area contributed by atoms with E-state index in [0.717, 1.165) is 6.42 Å². The molecule has 0 aromatic carbocycles. The van der Waals surface area contributed by atoms with Crippen LogP contribution in [0.1, 0.15) is 33.1 Å². The van der Waals surface area contributed by atoms with Gasteiger partial charge >= 0.3 is 0 Å². The minimum atomic E-state index is -0.487. The summed E-state index contributed by atoms with van der Waals surface area (Å²) in [6.45, 7) is 3.75. The number of rotatable bonds is 2. The average molecular weight is 140 g/mol. The van der Waals surface area contributed by atoms with Gasteiger partial charge < -0.3 is 5.11 Å². The first-order valence-electron chi connectivity index (χ1n) is 3.97. The van der Waals surface area contributed by atoms with Crippen LogP contribution in [0.15, 0.2) is 12.2 Å². The zero-order valence-electron chi connectivity index (χ0n) is 6.80. The second-order valence-electron chi connectivity index (χ2n) is 3.78. The van der Waals surface area contributed by atoms with Crippen molar-refractivity contribution in [3.8, 4) is 0 Å². The third-order valence-corrected chi connectivity index (χ3v) is 1.87. The molecule has 1 aliphatic rings. The van der Waals surface area contributed by atoms with E-state index in [1.165, 1.54) is 12.8 Å². The Bertz CT molecular complexity index is 130. The van der Waals surface area contributed by atoms with Crippen LogP contribution in [0.2, 0.25) is 0 Å². The van der Waals surface area contributed by atoms with Crippen LogP contribution in [0.4, 0.5) is 0 Å². The van der Waals surface area contributed by atoms with Crippen LogP contribution in [0.3, 0.4) is 0 Å². The second-order valence-corrected chi connectivity index (χ2v) is 3.78. The molecule has 0 heterocycles. The summed E-state index contributed by atoms with van der Waals surface area (Å²) in [5, 5.41) is 9.44. The van der Waals surface area contributed by atoms with Crippen LogP contribution in [0, 0.1) is 5.92 Å². The van der Waals surface area contributed by atoms with E-state index in [1.54, 1.807) is 0 Å². The van der Waals surface area contributed by atoms with E-state index in [1.807, 2.05) is 13.8 Å². The van der Waals surface area contributed by atoms with Crippen molar-refractivity contribution in [1.29, 1.82) is 0 Å². The van der Waals surface area contributed by atoms with Crippen molar-refractivity contribution in [1.82, 2.24) is 0 Å². The molecule has 0 aliphatic heterocycles. The van der Waals surface area contributed by atoms with Gasteiger partial charge in [0.05, 0.1) is 5.60 Å². The molecule has 1 rings (SSSR count). The molecule has 1 heteroatoms. The highest BCUT2D eigenvalue weighted by Gasteiger charge is 2.19. The maximum absolute atomic E-state index is 9.44. The highest BCUT2D eigenvalue weighted by atomic mass is 16.3. The summed E-state index contributed by atoms with van der Waals surface area (Å²) >= 11 is 0. The summed E-state index contributed by atoms with van der Waals surface area (Å²) in [6.07, 6.45) is 7.75. The smallest absolute Gasteiger partial charge is 0.0597 e. The van der Waals surface area contributed by atoms with Gasteiger partial charge in [0.1, 0.15) is 0 Å². The second kappa shape index (κ2) is 2.75. The Morgan fingerprint density at radius 1 is 1.60 bits per heavy atom. The monoisotopic (exact) mass is 140 g/mol. The van der Waals surface area contributed by atoms with E-state index in [4.69, 9.17) is 0 Å². The van der Waals surface area contributed by atoms with E-state index < -0.39 is 5.60 Å². The van der Waals surface area contributed by atoms with Crippen molar-refractivity contribution in [2.24, 2.45) is 5.92 Å². The zero-order valence-corrected chi connectivity index (χ0v) is 6.80. The molecule has 1 N–H and O–H groups in total. The molecule has 0 radical (unpaired) electrons. The lowest BCUT2D eigenvalue weighted by molar-refractivity contribution is 0.0591. The number of aliphatic hydroxyl groups is 1. The molecule has 0 unspecified atom stereocenters. The van der Waals surface area contributed by atoms with Gasteiger partial charge in [-0.1, -0.05) is 12.2 Å². The molecule has 0 amide bonds. The molecule has 58 valence electrons. The number of hydrogen-bond donors (Lipinski definition) is 1. The lowest BCUT2D eigenvalue weighted by Gasteiger charge is -2.20. The zero-order chi connectivity index (χ0) is 7.61. The van der Waals surface area contributed by atoms with E-state index in [9.17, 15) is 5.11 Å². The molecular formula is C9H16O. The molecule has 0 saturated carbocycles. The SMILES string of the molecule is CC(C)(O)C[C@@H]1C=CCC1. The van der Waals surface area contributed by atoms with E-state index in [2.05, 4.69) is 12.2 Å². The van der Waals surface area contributed by atoms with Gasteiger partial charge in [0.2, 0.25) is 0 Å². The van der Waals surface area contributed by atoms with E-state index in [-0.39, 0.29) is 0 Å². The summed E-state index contributed by atoms with van der Waals surface area (Å²) in [6, 6.07) is 0. The van der Waals surface area contributed by atoms with Crippen molar-refractivity contribution >= 4 is 0 Å². The summed E-state index contributed by atoms with van der Waals surface area (Å²) in [5.41, 5.74) is -0.487. The maximum Gasteiger partial charge on any atom is 0.0597 e. The minimum absolute atomic E-state index is 0.487. The third kappa shape index (κ3) is 2.53. The largest absolute Gasteiger partial charge is 0.390 e. The van der Waals surface area contributed by atoms with Crippen molar-refractivity contribution in [2.45, 2.75) is 38.7 Å². The Kier molecular flexibility index (Phi) is 2.14. The average Bonchev–Trinajstić information content (AvgIpc) is 2.12. The predicted octanol–water partition coefficient (Wildman–Crippen LogP) is 2.11. The van der Waals surface area contributed by atoms with Gasteiger partial charge in [-0.3, -0.25) is 0 Å². The predicted molar refractivity (Wildman–Crippen MR) is 42.8 cm³/mol. The maximum atomic E-state index is 9.44. The van der Waals surface area contributed by atoms with Crippen LogP contribution >= 0.6 is 0 Å². The van der Waals surface area contributed by atoms with Crippen LogP contribution in [0.5, 0.6) is 0 Å². The number of allylic oxidation sites excluding steroid dienone is 2. The van der Waals surface area contributed by atoms with Crippen molar-refractivity contribution < 1.29 is 5.11 Å². The van der Waals surface area contributed by atoms with Gasteiger partial charge in [-0.05, 0) is 39.0 Å². The fourth-order valence-corrected chi connectivity index (χ4v) is 1.51. The van der Waals surface area contributed by atoms with Gasteiger partial charge in [0.25, 0.3) is 0 Å². The molecule has 10 heavy (non-hydrogen) atoms. The molecule has 0 aromatic rings. The van der Waals surface area contributed by atoms with Crippen molar-refractivity contribution in [3.05, 3.63) is 12.2 Å². The fourth-order valence-electron chi connectivity index (χ4n) is 1.51. The minimum Gasteiger partial charge on any atom is -0.390 e. The molecule has 0 saturated heterocycles. The van der Waals surface area contributed by atoms with Crippen LogP contribution in [-0.2, 0) is 0 Å². The standard InChI is InChI=1S/C9H16O/c1-9(2,10)7-8-5-3-4-6-8/h3,5,8,10H,4,6-7H2,1-2H3/t8-/m1/s1. The quantitative estimate of drug-likeness (QED) is 0.582. The van der Waals surface area contributed by atoms with E-state index >= 15 is 0 Å². The topological polar surface area (TPSA) is 20.2 Å². The van der Waals surface area contributed by atoms with Gasteiger partial charge in [0, 0.05) is 0 Å². The Balaban J connectivity index is 2.31. The first kappa shape index (κ1) is 7.80. The van der Waals surface area contributed by atoms with Gasteiger partial charge in [-0.25, -0.2) is 0 Å². The first-order chi connectivity index (χ1) is 4.58. The normalized spacial score (nSPS) is 25.7. The van der Waals surface area contributed by atoms with Gasteiger partial charge in [-0.15, -0.1) is 0 Å². The molecule has 1 aliphatic carbocycles. The van der Waals surface area contributed by atoms with Gasteiger partial charge in [0.15, 0.2) is 0 Å². The van der Waals surface area contributed by atoms with Crippen molar-refractivity contribution in [2.75, 3.05) is 0 Å². The molecule has 0 fully saturated rings. The first-order valence-corrected chi connectivity index (χ1v) is 3.97. The van der Waals surface area contributed by atoms with E-state index in [0.29, 0.717) is 5.92 Å². The Morgan fingerprint density at radius 3 is 2.70 bits per heavy atom. The summed E-state index contributed by atoms with van der Waals surface area (Å²) in [4.78, 5) is 0. The lowest BCUT2D eigenvalue weighted by atomic mass is 9.93. The van der Waals surface area contributed by atoms with Crippen LogP contribution in [-0.4, -0.2) is 10.7 Å². The fraction of sp³-hybridized carbons (Fsp3) is 0.778. The molecule has 0 aromatic heterocycles. The third-order valence-electron chi connectivity index (χ3n) is 1.87. The molecular weight excluding hydrogens is 124 g/mol.